The summed E-state index contributed by atoms with van der Waals surface area (Å²) < 4.78 is 36.1. The van der Waals surface area contributed by atoms with E-state index < -0.39 is 12.6 Å². The highest BCUT2D eigenvalue weighted by Crippen LogP contribution is 2.23. The van der Waals surface area contributed by atoms with E-state index in [4.69, 9.17) is 0 Å². The zero-order valence-electron chi connectivity index (χ0n) is 18.4. The molecule has 0 aromatic heterocycles. The molecule has 0 unspecified atom stereocenters. The fourth-order valence-electron chi connectivity index (χ4n) is 3.66. The summed E-state index contributed by atoms with van der Waals surface area (Å²) >= 11 is 0. The molecule has 1 aromatic rings. The minimum absolute atomic E-state index is 0.288. The van der Waals surface area contributed by atoms with Gasteiger partial charge in [-0.3, -0.25) is 4.79 Å². The molecule has 0 aliphatic rings. The number of carbonyl (C=O) groups is 1. The van der Waals surface area contributed by atoms with Crippen LogP contribution >= 0.6 is 0 Å². The van der Waals surface area contributed by atoms with Crippen molar-refractivity contribution in [1.82, 2.24) is 0 Å². The number of anilines is 1. The third-order valence-corrected chi connectivity index (χ3v) is 5.51. The maximum Gasteiger partial charge on any atom is 0.389 e. The average Bonchev–Trinajstić information content (AvgIpc) is 2.72. The molecule has 5 heteroatoms. The van der Waals surface area contributed by atoms with E-state index in [0.29, 0.717) is 12.0 Å². The predicted molar refractivity (Wildman–Crippen MR) is 120 cm³/mol. The molecule has 0 atom stereocenters. The van der Waals surface area contributed by atoms with Crippen LogP contribution in [-0.2, 0) is 0 Å². The molecule has 172 valence electrons. The van der Waals surface area contributed by atoms with Gasteiger partial charge in [-0.2, -0.15) is 13.2 Å². The average molecular weight is 428 g/mol. The predicted octanol–water partition coefficient (Wildman–Crippen LogP) is 8.71. The number of hydrogen-bond donors (Lipinski definition) is 1. The van der Waals surface area contributed by atoms with Crippen LogP contribution < -0.4 is 5.32 Å². The minimum Gasteiger partial charge on any atom is -0.385 e. The highest BCUT2D eigenvalue weighted by molar-refractivity contribution is 5.75. The molecule has 0 fully saturated rings. The number of nitrogens with one attached hydrogen (secondary N) is 1. The largest absolute Gasteiger partial charge is 0.389 e. The molecule has 1 N–H and O–H groups in total. The van der Waals surface area contributed by atoms with E-state index in [9.17, 15) is 18.0 Å². The van der Waals surface area contributed by atoms with Gasteiger partial charge in [0.1, 0.15) is 6.29 Å². The number of hydrogen-bond acceptors (Lipinski definition) is 2. The van der Waals surface area contributed by atoms with Crippen molar-refractivity contribution in [3.8, 4) is 0 Å². The molecule has 0 saturated heterocycles. The van der Waals surface area contributed by atoms with E-state index in [2.05, 4.69) is 5.32 Å². The number of unbranched alkanes of at least 4 members (excludes halogenated alkanes) is 14. The van der Waals surface area contributed by atoms with Gasteiger partial charge in [0, 0.05) is 24.2 Å². The lowest BCUT2D eigenvalue weighted by Gasteiger charge is -2.07. The maximum absolute atomic E-state index is 12.0. The second-order valence-electron chi connectivity index (χ2n) is 8.34. The first-order valence-corrected chi connectivity index (χ1v) is 11.9. The summed E-state index contributed by atoms with van der Waals surface area (Å²) in [4.78, 5) is 10.6. The van der Waals surface area contributed by atoms with E-state index in [-0.39, 0.29) is 6.42 Å². The van der Waals surface area contributed by atoms with Crippen LogP contribution in [0.3, 0.4) is 0 Å². The van der Waals surface area contributed by atoms with E-state index in [0.717, 1.165) is 31.4 Å². The second-order valence-corrected chi connectivity index (χ2v) is 8.34. The smallest absolute Gasteiger partial charge is 0.385 e. The van der Waals surface area contributed by atoms with Crippen LogP contribution in [0.2, 0.25) is 0 Å². The Bertz CT molecular complexity index is 528. The van der Waals surface area contributed by atoms with E-state index in [1.54, 1.807) is 0 Å². The SMILES string of the molecule is O=Cc1ccc(NCCCCCCCCCCCCCCCCCC(F)(F)F)cc1. The molecule has 1 aromatic carbocycles. The Labute approximate surface area is 181 Å². The molecule has 0 spiro atoms. The quantitative estimate of drug-likeness (QED) is 0.177. The van der Waals surface area contributed by atoms with Crippen molar-refractivity contribution in [3.05, 3.63) is 29.8 Å². The van der Waals surface area contributed by atoms with Crippen LogP contribution in [0.4, 0.5) is 18.9 Å². The van der Waals surface area contributed by atoms with Crippen LogP contribution in [-0.4, -0.2) is 19.0 Å². The third-order valence-electron chi connectivity index (χ3n) is 5.51. The number of alkyl halides is 3. The summed E-state index contributed by atoms with van der Waals surface area (Å²) in [5, 5.41) is 3.39. The van der Waals surface area contributed by atoms with Crippen LogP contribution in [0.1, 0.15) is 113 Å². The number of carbonyl (C=O) groups excluding carboxylic acids is 1. The van der Waals surface area contributed by atoms with Gasteiger partial charge in [0.25, 0.3) is 0 Å². The van der Waals surface area contributed by atoms with Crippen LogP contribution in [0.5, 0.6) is 0 Å². The van der Waals surface area contributed by atoms with Gasteiger partial charge in [0.05, 0.1) is 0 Å². The van der Waals surface area contributed by atoms with Crippen molar-refractivity contribution in [3.63, 3.8) is 0 Å². The van der Waals surface area contributed by atoms with Crippen molar-refractivity contribution in [2.45, 2.75) is 109 Å². The summed E-state index contributed by atoms with van der Waals surface area (Å²) in [6.07, 6.45) is 13.2. The molecule has 0 heterocycles. The molecule has 0 aliphatic carbocycles. The molecular formula is C25H40F3NO. The van der Waals surface area contributed by atoms with Crippen molar-refractivity contribution >= 4 is 12.0 Å². The summed E-state index contributed by atoms with van der Waals surface area (Å²) in [6, 6.07) is 7.56. The molecule has 2 nitrogen and oxygen atoms in total. The van der Waals surface area contributed by atoms with Gasteiger partial charge in [0.2, 0.25) is 0 Å². The Balaban J connectivity index is 1.75. The Kier molecular flexibility index (Phi) is 15.2. The topological polar surface area (TPSA) is 29.1 Å². The Morgan fingerprint density at radius 2 is 1.03 bits per heavy atom. The molecule has 0 radical (unpaired) electrons. The van der Waals surface area contributed by atoms with E-state index in [1.807, 2.05) is 24.3 Å². The molecule has 0 bridgehead atoms. The number of rotatable bonds is 19. The molecular weight excluding hydrogens is 387 g/mol. The lowest BCUT2D eigenvalue weighted by Crippen LogP contribution is -2.06. The fraction of sp³-hybridized carbons (Fsp3) is 0.720. The summed E-state index contributed by atoms with van der Waals surface area (Å²) in [6.45, 7) is 0.975. The third kappa shape index (κ3) is 16.3. The second kappa shape index (κ2) is 17.2. The van der Waals surface area contributed by atoms with Crippen molar-refractivity contribution in [2.24, 2.45) is 0 Å². The van der Waals surface area contributed by atoms with E-state index in [1.165, 1.54) is 70.6 Å². The van der Waals surface area contributed by atoms with Crippen LogP contribution in [0, 0.1) is 0 Å². The summed E-state index contributed by atoms with van der Waals surface area (Å²) in [5.41, 5.74) is 1.78. The van der Waals surface area contributed by atoms with Crippen molar-refractivity contribution in [2.75, 3.05) is 11.9 Å². The molecule has 0 amide bonds. The normalized spacial score (nSPS) is 11.6. The first-order chi connectivity index (χ1) is 14.5. The maximum atomic E-state index is 12.0. The highest BCUT2D eigenvalue weighted by atomic mass is 19.4. The zero-order valence-corrected chi connectivity index (χ0v) is 18.4. The van der Waals surface area contributed by atoms with Gasteiger partial charge in [-0.05, 0) is 37.1 Å². The number of halogens is 3. The zero-order chi connectivity index (χ0) is 21.9. The summed E-state index contributed by atoms with van der Waals surface area (Å²) in [5.74, 6) is 0. The van der Waals surface area contributed by atoms with Gasteiger partial charge in [-0.25, -0.2) is 0 Å². The Morgan fingerprint density at radius 3 is 1.43 bits per heavy atom. The van der Waals surface area contributed by atoms with Gasteiger partial charge < -0.3 is 5.32 Å². The first kappa shape index (κ1) is 26.5. The highest BCUT2D eigenvalue weighted by Gasteiger charge is 2.25. The summed E-state index contributed by atoms with van der Waals surface area (Å²) in [7, 11) is 0. The standard InChI is InChI=1S/C25H40F3NO/c26-25(27,28)20-14-12-10-8-6-4-2-1-3-5-7-9-11-13-15-21-29-24-18-16-23(22-30)17-19-24/h16-19,22,29H,1-15,20-21H2. The first-order valence-electron chi connectivity index (χ1n) is 11.9. The lowest BCUT2D eigenvalue weighted by molar-refractivity contribution is -0.135. The number of benzene rings is 1. The monoisotopic (exact) mass is 427 g/mol. The lowest BCUT2D eigenvalue weighted by atomic mass is 10.0. The Hall–Kier alpha value is -1.52. The van der Waals surface area contributed by atoms with E-state index >= 15 is 0 Å². The Morgan fingerprint density at radius 1 is 0.633 bits per heavy atom. The molecule has 0 aliphatic heterocycles. The van der Waals surface area contributed by atoms with Crippen LogP contribution in [0.15, 0.2) is 24.3 Å². The number of aldehydes is 1. The van der Waals surface area contributed by atoms with Crippen molar-refractivity contribution < 1.29 is 18.0 Å². The van der Waals surface area contributed by atoms with Crippen LogP contribution in [0.25, 0.3) is 0 Å². The fourth-order valence-corrected chi connectivity index (χ4v) is 3.66. The molecule has 1 rings (SSSR count). The molecule has 30 heavy (non-hydrogen) atoms. The van der Waals surface area contributed by atoms with Gasteiger partial charge >= 0.3 is 6.18 Å². The van der Waals surface area contributed by atoms with Gasteiger partial charge in [0.15, 0.2) is 0 Å². The van der Waals surface area contributed by atoms with Gasteiger partial charge in [-0.15, -0.1) is 0 Å². The van der Waals surface area contributed by atoms with Crippen molar-refractivity contribution in [1.29, 1.82) is 0 Å². The van der Waals surface area contributed by atoms with Gasteiger partial charge in [-0.1, -0.05) is 83.5 Å². The minimum atomic E-state index is -3.98. The molecule has 0 saturated carbocycles.